The molecule has 20 rings (SSSR count). The number of nitrogens with one attached hydrogen (secondary N) is 3. The number of carbonyl (C=O) groups excluding carboxylic acids is 1. The predicted octanol–water partition coefficient (Wildman–Crippen LogP) is 11.6. The molecule has 9 N–H and O–H groups in total. The SMILES string of the molecule is CNC1CSSC2CSSC(CNCCC3(c4ccccc4)CCCC4(CCCC4)C3)C3CC4C5CC1C(O)C1(CCC6CCC7CC2c2cc(O)ccc2C671)C5OC1C(C(=O)Oc2c(CO)[nH]c5ccc6cc7ccccc7cc6c25)OC(O)(C3O)C41O. The number of hydrogen-bond acceptors (Lipinski definition) is 16. The Labute approximate surface area is 536 Å². The topological polar surface area (TPSA) is 206 Å². The van der Waals surface area contributed by atoms with E-state index in [0.717, 1.165) is 83.7 Å². The minimum absolute atomic E-state index is 0.0363. The summed E-state index contributed by atoms with van der Waals surface area (Å²) in [6.07, 6.45) is 9.76. The number of benzene rings is 5. The second-order valence-corrected chi connectivity index (χ2v) is 34.8. The highest BCUT2D eigenvalue weighted by Crippen LogP contribution is 2.78. The number of aliphatic hydroxyl groups is 5. The lowest BCUT2D eigenvalue weighted by Gasteiger charge is -2.69. The highest BCUT2D eigenvalue weighted by molar-refractivity contribution is 8.78. The van der Waals surface area contributed by atoms with Crippen LogP contribution in [0.15, 0.2) is 97.1 Å². The van der Waals surface area contributed by atoms with Crippen molar-refractivity contribution in [3.05, 3.63) is 119 Å². The number of hydrogen-bond donors (Lipinski definition) is 9. The van der Waals surface area contributed by atoms with Gasteiger partial charge in [0, 0.05) is 63.2 Å². The van der Waals surface area contributed by atoms with E-state index in [1.807, 2.05) is 81.9 Å². The highest BCUT2D eigenvalue weighted by Gasteiger charge is 2.84. The Morgan fingerprint density at radius 3 is 2.38 bits per heavy atom. The van der Waals surface area contributed by atoms with Crippen LogP contribution in [0.4, 0.5) is 0 Å². The number of aromatic amines is 1. The second-order valence-electron chi connectivity index (χ2n) is 29.5. The highest BCUT2D eigenvalue weighted by atomic mass is 33.1. The summed E-state index contributed by atoms with van der Waals surface area (Å²) in [4.78, 5) is 19.3. The van der Waals surface area contributed by atoms with Crippen molar-refractivity contribution in [3.8, 4) is 11.5 Å². The first kappa shape index (κ1) is 59.2. The van der Waals surface area contributed by atoms with Crippen molar-refractivity contribution in [1.82, 2.24) is 15.6 Å². The van der Waals surface area contributed by atoms with Crippen LogP contribution < -0.4 is 15.4 Å². The van der Waals surface area contributed by atoms with Crippen molar-refractivity contribution in [1.29, 1.82) is 0 Å². The molecule has 14 aliphatic rings. The number of aromatic nitrogens is 1. The van der Waals surface area contributed by atoms with Crippen LogP contribution in [-0.2, 0) is 31.7 Å². The zero-order valence-corrected chi connectivity index (χ0v) is 54.0. The molecule has 7 aliphatic carbocycles. The maximum Gasteiger partial charge on any atom is 0.343 e. The zero-order valence-electron chi connectivity index (χ0n) is 50.7. The Hall–Kier alpha value is -3.53. The molecule has 7 aliphatic heterocycles. The molecule has 17 heteroatoms. The van der Waals surface area contributed by atoms with Gasteiger partial charge in [0.25, 0.3) is 0 Å². The molecule has 0 radical (unpaired) electrons. The molecule has 13 nitrogen and oxygen atoms in total. The second kappa shape index (κ2) is 22.0. The van der Waals surface area contributed by atoms with Gasteiger partial charge in [-0.25, -0.2) is 4.79 Å². The lowest BCUT2D eigenvalue weighted by molar-refractivity contribution is -0.381. The first-order valence-corrected chi connectivity index (χ1v) is 38.3. The van der Waals surface area contributed by atoms with Crippen molar-refractivity contribution >= 4 is 81.6 Å². The van der Waals surface area contributed by atoms with Gasteiger partial charge in [0.2, 0.25) is 5.79 Å². The van der Waals surface area contributed by atoms with E-state index in [0.29, 0.717) is 42.1 Å². The van der Waals surface area contributed by atoms with Crippen LogP contribution in [0.5, 0.6) is 11.5 Å². The van der Waals surface area contributed by atoms with Gasteiger partial charge in [-0.3, -0.25) is 0 Å². The van der Waals surface area contributed by atoms with Gasteiger partial charge in [-0.15, -0.1) is 0 Å². The third-order valence-electron chi connectivity index (χ3n) is 26.1. The summed E-state index contributed by atoms with van der Waals surface area (Å²) >= 11 is 0. The van der Waals surface area contributed by atoms with Gasteiger partial charge in [0.15, 0.2) is 17.5 Å². The van der Waals surface area contributed by atoms with Crippen LogP contribution in [0.25, 0.3) is 32.4 Å². The predicted molar refractivity (Wildman–Crippen MR) is 354 cm³/mol. The molecule has 11 fully saturated rings. The maximum absolute atomic E-state index is 16.0. The Morgan fingerprint density at radius 2 is 1.56 bits per heavy atom. The Balaban J connectivity index is 0.813. The summed E-state index contributed by atoms with van der Waals surface area (Å²) in [7, 11) is 9.45. The fourth-order valence-corrected chi connectivity index (χ4v) is 29.7. The molecule has 6 aromatic rings. The fourth-order valence-electron chi connectivity index (χ4n) is 22.6. The van der Waals surface area contributed by atoms with E-state index in [9.17, 15) is 30.6 Å². The van der Waals surface area contributed by atoms with Crippen molar-refractivity contribution < 1.29 is 49.6 Å². The van der Waals surface area contributed by atoms with Gasteiger partial charge in [0.1, 0.15) is 18.0 Å². The number of ether oxygens (including phenoxy) is 3. The molecule has 89 heavy (non-hydrogen) atoms. The number of esters is 1. The van der Waals surface area contributed by atoms with Crippen molar-refractivity contribution in [2.75, 3.05) is 31.6 Å². The molecule has 472 valence electrons. The summed E-state index contributed by atoms with van der Waals surface area (Å²) in [6.45, 7) is 0.814. The zero-order chi connectivity index (χ0) is 60.4. The number of H-pyrrole nitrogens is 1. The van der Waals surface area contributed by atoms with Crippen LogP contribution in [0.1, 0.15) is 131 Å². The Bertz CT molecular complexity index is 3740. The van der Waals surface area contributed by atoms with E-state index in [4.69, 9.17) is 14.2 Å². The van der Waals surface area contributed by atoms with Crippen LogP contribution in [-0.4, -0.2) is 132 Å². The molecule has 9 bridgehead atoms. The van der Waals surface area contributed by atoms with Crippen molar-refractivity contribution in [2.45, 2.75) is 185 Å². The molecule has 20 atom stereocenters. The van der Waals surface area contributed by atoms with E-state index in [1.165, 1.54) is 56.1 Å². The van der Waals surface area contributed by atoms with Crippen molar-refractivity contribution in [3.63, 3.8) is 0 Å². The normalized spacial score (nSPS) is 41.6. The molecule has 6 saturated carbocycles. The van der Waals surface area contributed by atoms with E-state index in [1.54, 1.807) is 10.8 Å². The monoisotopic (exact) mass is 1280 g/mol. The number of phenols is 1. The number of rotatable bonds is 10. The van der Waals surface area contributed by atoms with E-state index in [2.05, 4.69) is 70.2 Å². The molecule has 1 aromatic heterocycles. The van der Waals surface area contributed by atoms with Crippen LogP contribution in [0.2, 0.25) is 0 Å². The number of carbonyl (C=O) groups is 1. The van der Waals surface area contributed by atoms with Crippen LogP contribution in [0, 0.1) is 46.3 Å². The quantitative estimate of drug-likeness (QED) is 0.0271. The summed E-state index contributed by atoms with van der Waals surface area (Å²) < 4.78 is 21.5. The maximum atomic E-state index is 16.0. The molecule has 5 aromatic carbocycles. The van der Waals surface area contributed by atoms with E-state index < -0.39 is 83.1 Å². The third kappa shape index (κ3) is 8.47. The smallest absolute Gasteiger partial charge is 0.343 e. The summed E-state index contributed by atoms with van der Waals surface area (Å²) in [5.41, 5.74) is 1.32. The van der Waals surface area contributed by atoms with Gasteiger partial charge in [-0.05, 0) is 200 Å². The van der Waals surface area contributed by atoms with Gasteiger partial charge < -0.3 is 60.5 Å². The average Bonchev–Trinajstić information content (AvgIpc) is 1.55. The summed E-state index contributed by atoms with van der Waals surface area (Å²) in [5.74, 6) is -3.39. The minimum Gasteiger partial charge on any atom is -0.508 e. The standard InChI is InChI=1S/C72H85N3O10S4/c1-73-56-36-86-89-58-37-87-88-57(34-74-27-26-68(42-12-3-2-4-13-42)24-9-23-67(38-68)21-7-8-22-67)51-33-53-49-32-50(56)62(78)69(25-20-43-15-16-44-30-48(58)47-31-45(77)17-18-52(47)70(43,44)69)64(49)84-65-61(85-72(82,63(51)79)71(53,65)81)66(80)83-60-55(35-76)75-54-19-14-41-28-39-10-5-6-11-40(39)29-46(41)59(54)60/h2-6,10-14,17-19,28-29,31,43-44,48-51,53,56-58,61-65,73-79,81-82H,7-9,15-16,20-27,30,32-38H2,1H3. The largest absolute Gasteiger partial charge is 0.508 e. The molecular weight excluding hydrogens is 1200 g/mol. The van der Waals surface area contributed by atoms with E-state index in [-0.39, 0.29) is 62.8 Å². The molecule has 20 unspecified atom stereocenters. The van der Waals surface area contributed by atoms with E-state index >= 15 is 4.79 Å². The molecule has 8 heterocycles. The number of aliphatic hydroxyl groups excluding tert-OH is 3. The van der Waals surface area contributed by atoms with Gasteiger partial charge in [-0.1, -0.05) is 129 Å². The van der Waals surface area contributed by atoms with Crippen LogP contribution in [0.3, 0.4) is 0 Å². The molecule has 5 saturated heterocycles. The molecule has 0 amide bonds. The first-order valence-electron chi connectivity index (χ1n) is 33.5. The van der Waals surface area contributed by atoms with Crippen molar-refractivity contribution in [2.24, 2.45) is 46.3 Å². The third-order valence-corrected chi connectivity index (χ3v) is 32.2. The molecule has 3 spiro atoms. The first-order chi connectivity index (χ1) is 43.3. The number of aromatic hydroxyl groups is 1. The summed E-state index contributed by atoms with van der Waals surface area (Å²) in [5, 5.41) is 90.9. The average molecular weight is 1280 g/mol. The Morgan fingerprint density at radius 1 is 0.775 bits per heavy atom. The minimum atomic E-state index is -2.70. The van der Waals surface area contributed by atoms with Gasteiger partial charge in [-0.2, -0.15) is 0 Å². The Kier molecular flexibility index (Phi) is 14.7. The number of fused-ring (bicyclic) bond motifs is 4. The lowest BCUT2D eigenvalue weighted by atomic mass is 9.40. The van der Waals surface area contributed by atoms with Gasteiger partial charge in [0.05, 0.1) is 35.4 Å². The summed E-state index contributed by atoms with van der Waals surface area (Å²) in [6, 6.07) is 33.4. The lowest BCUT2D eigenvalue weighted by Crippen LogP contribution is -2.80. The van der Waals surface area contributed by atoms with Crippen LogP contribution >= 0.6 is 43.2 Å². The fraction of sp³-hybridized carbons (Fsp3) is 0.597. The number of phenolic OH excluding ortho intramolecular Hbond substituents is 1. The molecular formula is C72H85N3O10S4. The van der Waals surface area contributed by atoms with Gasteiger partial charge >= 0.3 is 5.97 Å².